The molecule has 0 bridgehead atoms. The largest absolute Gasteiger partial charge is 0.343 e. The third kappa shape index (κ3) is 1.98. The van der Waals surface area contributed by atoms with Crippen molar-refractivity contribution in [1.82, 2.24) is 0 Å². The number of nitro groups is 1. The molecule has 0 saturated heterocycles. The fourth-order valence-electron chi connectivity index (χ4n) is 1.72. The number of anilines is 1. The first-order chi connectivity index (χ1) is 7.29. The van der Waals surface area contributed by atoms with Crippen molar-refractivity contribution in [1.29, 1.82) is 0 Å². The standard InChI is InChI=1S/C11H12N2O2/c14-13(15)11-7-3-2-6-10(11)12-8-4-1-5-9-12/h2-4,6-8H,1,5,9H2. The maximum Gasteiger partial charge on any atom is 0.292 e. The molecular weight excluding hydrogens is 192 g/mol. The van der Waals surface area contributed by atoms with Gasteiger partial charge in [-0.3, -0.25) is 10.1 Å². The van der Waals surface area contributed by atoms with Crippen LogP contribution >= 0.6 is 0 Å². The summed E-state index contributed by atoms with van der Waals surface area (Å²) in [4.78, 5) is 12.4. The Morgan fingerprint density at radius 2 is 2.13 bits per heavy atom. The average Bonchev–Trinajstić information content (AvgIpc) is 2.30. The predicted molar refractivity (Wildman–Crippen MR) is 58.8 cm³/mol. The molecule has 0 unspecified atom stereocenters. The maximum atomic E-state index is 10.8. The molecule has 1 aliphatic heterocycles. The molecule has 0 fully saturated rings. The van der Waals surface area contributed by atoms with Gasteiger partial charge >= 0.3 is 0 Å². The van der Waals surface area contributed by atoms with Crippen LogP contribution in [0, 0.1) is 10.1 Å². The monoisotopic (exact) mass is 204 g/mol. The van der Waals surface area contributed by atoms with E-state index in [0.717, 1.165) is 19.4 Å². The third-order valence-corrected chi connectivity index (χ3v) is 2.44. The van der Waals surface area contributed by atoms with Gasteiger partial charge in [0.15, 0.2) is 0 Å². The summed E-state index contributed by atoms with van der Waals surface area (Å²) in [5.41, 5.74) is 0.850. The lowest BCUT2D eigenvalue weighted by Gasteiger charge is -2.22. The summed E-state index contributed by atoms with van der Waals surface area (Å²) in [6, 6.07) is 6.84. The van der Waals surface area contributed by atoms with E-state index in [0.29, 0.717) is 5.69 Å². The number of rotatable bonds is 2. The van der Waals surface area contributed by atoms with Gasteiger partial charge in [-0.05, 0) is 18.9 Å². The first-order valence-corrected chi connectivity index (χ1v) is 4.96. The minimum atomic E-state index is -0.336. The van der Waals surface area contributed by atoms with Crippen LogP contribution in [0.25, 0.3) is 0 Å². The summed E-state index contributed by atoms with van der Waals surface area (Å²) < 4.78 is 0. The summed E-state index contributed by atoms with van der Waals surface area (Å²) in [7, 11) is 0. The number of para-hydroxylation sites is 2. The van der Waals surface area contributed by atoms with Crippen LogP contribution in [0.15, 0.2) is 36.5 Å². The number of nitro benzene ring substituents is 1. The Kier molecular flexibility index (Phi) is 2.67. The molecular formula is C11H12N2O2. The molecule has 1 aromatic carbocycles. The number of hydrogen-bond donors (Lipinski definition) is 0. The van der Waals surface area contributed by atoms with E-state index in [1.165, 1.54) is 6.07 Å². The van der Waals surface area contributed by atoms with E-state index in [1.54, 1.807) is 12.1 Å². The van der Waals surface area contributed by atoms with Crippen molar-refractivity contribution in [3.63, 3.8) is 0 Å². The molecule has 0 N–H and O–H groups in total. The van der Waals surface area contributed by atoms with Gasteiger partial charge in [0.1, 0.15) is 5.69 Å². The summed E-state index contributed by atoms with van der Waals surface area (Å²) in [6.07, 6.45) is 6.06. The first-order valence-electron chi connectivity index (χ1n) is 4.96. The molecule has 0 amide bonds. The molecule has 1 heterocycles. The van der Waals surface area contributed by atoms with Crippen LogP contribution in [0.3, 0.4) is 0 Å². The van der Waals surface area contributed by atoms with E-state index in [9.17, 15) is 10.1 Å². The predicted octanol–water partition coefficient (Wildman–Crippen LogP) is 2.71. The van der Waals surface area contributed by atoms with Crippen molar-refractivity contribution < 1.29 is 4.92 Å². The van der Waals surface area contributed by atoms with Crippen LogP contribution in [0.1, 0.15) is 12.8 Å². The minimum absolute atomic E-state index is 0.170. The number of benzene rings is 1. The molecule has 0 saturated carbocycles. The number of allylic oxidation sites excluding steroid dienone is 1. The highest BCUT2D eigenvalue weighted by atomic mass is 16.6. The summed E-state index contributed by atoms with van der Waals surface area (Å²) >= 11 is 0. The Morgan fingerprint density at radius 3 is 2.80 bits per heavy atom. The van der Waals surface area contributed by atoms with Crippen LogP contribution in [-0.2, 0) is 0 Å². The Balaban J connectivity index is 2.37. The smallest absolute Gasteiger partial charge is 0.292 e. The molecule has 4 heteroatoms. The summed E-state index contributed by atoms with van der Waals surface area (Å²) in [5, 5.41) is 10.8. The van der Waals surface area contributed by atoms with Crippen molar-refractivity contribution in [3.8, 4) is 0 Å². The molecule has 0 atom stereocenters. The first kappa shape index (κ1) is 9.71. The fourth-order valence-corrected chi connectivity index (χ4v) is 1.72. The molecule has 4 nitrogen and oxygen atoms in total. The maximum absolute atomic E-state index is 10.8. The number of hydrogen-bond acceptors (Lipinski definition) is 3. The van der Waals surface area contributed by atoms with Gasteiger partial charge in [0, 0.05) is 18.8 Å². The molecule has 2 rings (SSSR count). The van der Waals surface area contributed by atoms with E-state index < -0.39 is 0 Å². The molecule has 0 radical (unpaired) electrons. The van der Waals surface area contributed by atoms with E-state index in [2.05, 4.69) is 0 Å². The topological polar surface area (TPSA) is 46.4 Å². The Morgan fingerprint density at radius 1 is 1.33 bits per heavy atom. The SMILES string of the molecule is O=[N+]([O-])c1ccccc1N1C=CCCC1. The van der Waals surface area contributed by atoms with E-state index in [4.69, 9.17) is 0 Å². The van der Waals surface area contributed by atoms with Gasteiger partial charge in [-0.25, -0.2) is 0 Å². The molecule has 0 aliphatic carbocycles. The zero-order valence-corrected chi connectivity index (χ0v) is 8.30. The third-order valence-electron chi connectivity index (χ3n) is 2.44. The molecule has 0 aromatic heterocycles. The van der Waals surface area contributed by atoms with Crippen LogP contribution < -0.4 is 4.90 Å². The van der Waals surface area contributed by atoms with Gasteiger partial charge in [0.05, 0.1) is 4.92 Å². The second kappa shape index (κ2) is 4.13. The molecule has 1 aliphatic rings. The minimum Gasteiger partial charge on any atom is -0.343 e. The van der Waals surface area contributed by atoms with Gasteiger partial charge in [0.2, 0.25) is 0 Å². The molecule has 0 spiro atoms. The fraction of sp³-hybridized carbons (Fsp3) is 0.273. The summed E-state index contributed by atoms with van der Waals surface area (Å²) in [5.74, 6) is 0. The lowest BCUT2D eigenvalue weighted by atomic mass is 10.2. The lowest BCUT2D eigenvalue weighted by Crippen LogP contribution is -2.20. The van der Waals surface area contributed by atoms with Gasteiger partial charge in [-0.2, -0.15) is 0 Å². The van der Waals surface area contributed by atoms with E-state index in [-0.39, 0.29) is 10.6 Å². The molecule has 78 valence electrons. The van der Waals surface area contributed by atoms with Crippen molar-refractivity contribution >= 4 is 11.4 Å². The molecule has 1 aromatic rings. The van der Waals surface area contributed by atoms with Crippen LogP contribution in [0.5, 0.6) is 0 Å². The van der Waals surface area contributed by atoms with Gasteiger partial charge in [-0.15, -0.1) is 0 Å². The van der Waals surface area contributed by atoms with Crippen LogP contribution in [0.2, 0.25) is 0 Å². The lowest BCUT2D eigenvalue weighted by molar-refractivity contribution is -0.384. The van der Waals surface area contributed by atoms with Gasteiger partial charge in [0.25, 0.3) is 5.69 Å². The normalized spacial score (nSPS) is 15.3. The second-order valence-electron chi connectivity index (χ2n) is 3.47. The van der Waals surface area contributed by atoms with Crippen molar-refractivity contribution in [2.24, 2.45) is 0 Å². The Hall–Kier alpha value is -1.84. The highest BCUT2D eigenvalue weighted by Gasteiger charge is 2.17. The average molecular weight is 204 g/mol. The number of nitrogens with zero attached hydrogens (tertiary/aromatic N) is 2. The quantitative estimate of drug-likeness (QED) is 0.549. The van der Waals surface area contributed by atoms with E-state index >= 15 is 0 Å². The Bertz CT molecular complexity index is 401. The van der Waals surface area contributed by atoms with Gasteiger partial charge in [-0.1, -0.05) is 18.2 Å². The van der Waals surface area contributed by atoms with Gasteiger partial charge < -0.3 is 4.90 Å². The second-order valence-corrected chi connectivity index (χ2v) is 3.47. The van der Waals surface area contributed by atoms with Crippen molar-refractivity contribution in [2.45, 2.75) is 12.8 Å². The van der Waals surface area contributed by atoms with Crippen LogP contribution in [0.4, 0.5) is 11.4 Å². The molecule has 15 heavy (non-hydrogen) atoms. The van der Waals surface area contributed by atoms with Crippen molar-refractivity contribution in [3.05, 3.63) is 46.7 Å². The highest BCUT2D eigenvalue weighted by molar-refractivity contribution is 5.64. The zero-order chi connectivity index (χ0) is 10.7. The van der Waals surface area contributed by atoms with Crippen LogP contribution in [-0.4, -0.2) is 11.5 Å². The van der Waals surface area contributed by atoms with Crippen molar-refractivity contribution in [2.75, 3.05) is 11.4 Å². The van der Waals surface area contributed by atoms with E-state index in [1.807, 2.05) is 23.2 Å². The Labute approximate surface area is 88.0 Å². The highest BCUT2D eigenvalue weighted by Crippen LogP contribution is 2.29. The zero-order valence-electron chi connectivity index (χ0n) is 8.30. The summed E-state index contributed by atoms with van der Waals surface area (Å²) in [6.45, 7) is 0.849.